The number of nitrogens with one attached hydrogen (secondary N) is 1. The maximum atomic E-state index is 12.3. The van der Waals surface area contributed by atoms with E-state index in [1.54, 1.807) is 12.1 Å². The molecule has 156 valence electrons. The van der Waals surface area contributed by atoms with E-state index in [1.807, 2.05) is 0 Å². The lowest BCUT2D eigenvalue weighted by atomic mass is 9.86. The summed E-state index contributed by atoms with van der Waals surface area (Å²) in [7, 11) is -0.716. The molecule has 1 aromatic carbocycles. The van der Waals surface area contributed by atoms with E-state index in [9.17, 15) is 18.0 Å². The number of carbonyl (C=O) groups is 2. The smallest absolute Gasteiger partial charge is 0.306 e. The quantitative estimate of drug-likeness (QED) is 0.665. The molecule has 1 amide bonds. The van der Waals surface area contributed by atoms with Crippen LogP contribution in [0.4, 0.5) is 5.69 Å². The summed E-state index contributed by atoms with van der Waals surface area (Å²) in [6, 6.07) is 5.97. The largest absolute Gasteiger partial charge is 0.453 e. The van der Waals surface area contributed by atoms with Crippen molar-refractivity contribution >= 4 is 27.6 Å². The summed E-state index contributed by atoms with van der Waals surface area (Å²) in [4.78, 5) is 24.4. The minimum Gasteiger partial charge on any atom is -0.453 e. The monoisotopic (exact) mass is 410 g/mol. The first-order valence-corrected chi connectivity index (χ1v) is 11.2. The predicted octanol–water partition coefficient (Wildman–Crippen LogP) is 3.17. The molecule has 0 aliphatic heterocycles. The number of carbonyl (C=O) groups excluding carboxylic acids is 2. The Morgan fingerprint density at radius 1 is 1.21 bits per heavy atom. The summed E-state index contributed by atoms with van der Waals surface area (Å²) < 4.78 is 30.7. The van der Waals surface area contributed by atoms with Crippen molar-refractivity contribution in [2.45, 2.75) is 62.9 Å². The third-order valence-electron chi connectivity index (χ3n) is 5.04. The number of sulfonamides is 1. The molecule has 8 heteroatoms. The summed E-state index contributed by atoms with van der Waals surface area (Å²) in [5.41, 5.74) is 0.332. The summed E-state index contributed by atoms with van der Waals surface area (Å²) in [5, 5.41) is 2.60. The van der Waals surface area contributed by atoms with Gasteiger partial charge < -0.3 is 10.1 Å². The highest BCUT2D eigenvalue weighted by atomic mass is 32.2. The predicted molar refractivity (Wildman–Crippen MR) is 107 cm³/mol. The van der Waals surface area contributed by atoms with E-state index in [0.717, 1.165) is 23.6 Å². The minimum absolute atomic E-state index is 0.0763. The second-order valence-corrected chi connectivity index (χ2v) is 9.63. The Morgan fingerprint density at radius 2 is 1.89 bits per heavy atom. The maximum absolute atomic E-state index is 12.3. The minimum atomic E-state index is -3.60. The zero-order chi connectivity index (χ0) is 20.7. The lowest BCUT2D eigenvalue weighted by Gasteiger charge is -2.21. The molecular weight excluding hydrogens is 380 g/mol. The van der Waals surface area contributed by atoms with E-state index >= 15 is 0 Å². The Labute approximate surface area is 167 Å². The standard InChI is InChI=1S/C20H30N2O5S/c1-15(27-19(23)13-12-16-8-5-4-6-9-16)20(24)21-17-10-7-11-18(14-17)28(25,26)22(2)3/h7,10-11,14-16H,4-6,8-9,12-13H2,1-3H3,(H,21,24)/t15-/m1/s1. The van der Waals surface area contributed by atoms with Crippen LogP contribution >= 0.6 is 0 Å². The van der Waals surface area contributed by atoms with E-state index in [1.165, 1.54) is 52.4 Å². The molecule has 0 saturated heterocycles. The van der Waals surface area contributed by atoms with Crippen molar-refractivity contribution in [3.63, 3.8) is 0 Å². The van der Waals surface area contributed by atoms with Crippen molar-refractivity contribution in [2.24, 2.45) is 5.92 Å². The number of nitrogens with zero attached hydrogens (tertiary/aromatic N) is 1. The molecule has 1 N–H and O–H groups in total. The fourth-order valence-corrected chi connectivity index (χ4v) is 4.24. The molecule has 0 heterocycles. The second kappa shape index (κ2) is 10.0. The molecule has 0 unspecified atom stereocenters. The van der Waals surface area contributed by atoms with Crippen molar-refractivity contribution in [1.29, 1.82) is 0 Å². The van der Waals surface area contributed by atoms with Crippen LogP contribution in [0.3, 0.4) is 0 Å². The van der Waals surface area contributed by atoms with Crippen molar-refractivity contribution in [2.75, 3.05) is 19.4 Å². The van der Waals surface area contributed by atoms with Crippen LogP contribution in [0.25, 0.3) is 0 Å². The van der Waals surface area contributed by atoms with Crippen LogP contribution in [0.1, 0.15) is 51.9 Å². The van der Waals surface area contributed by atoms with Gasteiger partial charge in [0.15, 0.2) is 6.10 Å². The highest BCUT2D eigenvalue weighted by Gasteiger charge is 2.21. The first kappa shape index (κ1) is 22.4. The van der Waals surface area contributed by atoms with Gasteiger partial charge in [-0.1, -0.05) is 38.2 Å². The van der Waals surface area contributed by atoms with Gasteiger partial charge in [0.1, 0.15) is 0 Å². The number of hydrogen-bond donors (Lipinski definition) is 1. The SMILES string of the molecule is C[C@@H](OC(=O)CCC1CCCCC1)C(=O)Nc1cccc(S(=O)(=O)N(C)C)c1. The topological polar surface area (TPSA) is 92.8 Å². The zero-order valence-corrected chi connectivity index (χ0v) is 17.6. The van der Waals surface area contributed by atoms with Gasteiger partial charge in [-0.15, -0.1) is 0 Å². The van der Waals surface area contributed by atoms with Crippen LogP contribution in [0.2, 0.25) is 0 Å². The number of rotatable bonds is 8. The Kier molecular flexibility index (Phi) is 8.00. The Hall–Kier alpha value is -1.93. The number of ether oxygens (including phenoxy) is 1. The molecule has 0 spiro atoms. The summed E-state index contributed by atoms with van der Waals surface area (Å²) >= 11 is 0. The number of hydrogen-bond acceptors (Lipinski definition) is 5. The first-order chi connectivity index (χ1) is 13.2. The second-order valence-electron chi connectivity index (χ2n) is 7.48. The first-order valence-electron chi connectivity index (χ1n) is 9.73. The molecular formula is C20H30N2O5S. The molecule has 1 aromatic rings. The molecule has 1 aliphatic rings. The lowest BCUT2D eigenvalue weighted by Crippen LogP contribution is -2.30. The van der Waals surface area contributed by atoms with Crippen LogP contribution in [-0.4, -0.2) is 44.8 Å². The molecule has 28 heavy (non-hydrogen) atoms. The van der Waals surface area contributed by atoms with Gasteiger partial charge in [-0.3, -0.25) is 9.59 Å². The third-order valence-corrected chi connectivity index (χ3v) is 6.85. The van der Waals surface area contributed by atoms with Crippen LogP contribution in [0, 0.1) is 5.92 Å². The molecule has 0 radical (unpaired) electrons. The number of amides is 1. The number of benzene rings is 1. The fourth-order valence-electron chi connectivity index (χ4n) is 3.30. The number of esters is 1. The van der Waals surface area contributed by atoms with Crippen molar-refractivity contribution < 1.29 is 22.7 Å². The lowest BCUT2D eigenvalue weighted by molar-refractivity contribution is -0.153. The molecule has 0 aromatic heterocycles. The molecule has 0 bridgehead atoms. The van der Waals surface area contributed by atoms with Crippen molar-refractivity contribution in [3.8, 4) is 0 Å². The molecule has 7 nitrogen and oxygen atoms in total. The Bertz CT molecular complexity index is 786. The molecule has 1 aliphatic carbocycles. The molecule has 2 rings (SSSR count). The highest BCUT2D eigenvalue weighted by molar-refractivity contribution is 7.89. The average molecular weight is 411 g/mol. The van der Waals surface area contributed by atoms with E-state index in [-0.39, 0.29) is 10.9 Å². The Balaban J connectivity index is 1.87. The normalized spacial score (nSPS) is 16.6. The van der Waals surface area contributed by atoms with E-state index in [4.69, 9.17) is 4.74 Å². The summed E-state index contributed by atoms with van der Waals surface area (Å²) in [6.45, 7) is 1.51. The van der Waals surface area contributed by atoms with Gasteiger partial charge >= 0.3 is 5.97 Å². The molecule has 1 saturated carbocycles. The maximum Gasteiger partial charge on any atom is 0.306 e. The Morgan fingerprint density at radius 3 is 2.54 bits per heavy atom. The summed E-state index contributed by atoms with van der Waals surface area (Å²) in [6.07, 6.45) is 6.21. The molecule has 1 atom stereocenters. The number of anilines is 1. The van der Waals surface area contributed by atoms with Crippen LogP contribution in [-0.2, 0) is 24.3 Å². The van der Waals surface area contributed by atoms with Crippen LogP contribution < -0.4 is 5.32 Å². The summed E-state index contributed by atoms with van der Waals surface area (Å²) in [5.74, 6) is -0.297. The van der Waals surface area contributed by atoms with Gasteiger partial charge in [0.05, 0.1) is 4.90 Å². The third kappa shape index (κ3) is 6.31. The van der Waals surface area contributed by atoms with Crippen molar-refractivity contribution in [1.82, 2.24) is 4.31 Å². The van der Waals surface area contributed by atoms with E-state index in [2.05, 4.69) is 5.32 Å². The van der Waals surface area contributed by atoms with Crippen LogP contribution in [0.15, 0.2) is 29.2 Å². The van der Waals surface area contributed by atoms with Gasteiger partial charge in [0.2, 0.25) is 10.0 Å². The van der Waals surface area contributed by atoms with Gasteiger partial charge in [-0.25, -0.2) is 12.7 Å². The van der Waals surface area contributed by atoms with Gasteiger partial charge in [-0.2, -0.15) is 0 Å². The van der Waals surface area contributed by atoms with Crippen molar-refractivity contribution in [3.05, 3.63) is 24.3 Å². The zero-order valence-electron chi connectivity index (χ0n) is 16.8. The van der Waals surface area contributed by atoms with Gasteiger partial charge in [0.25, 0.3) is 5.91 Å². The van der Waals surface area contributed by atoms with Crippen LogP contribution in [0.5, 0.6) is 0 Å². The highest BCUT2D eigenvalue weighted by Crippen LogP contribution is 2.27. The van der Waals surface area contributed by atoms with Gasteiger partial charge in [0, 0.05) is 26.2 Å². The fraction of sp³-hybridized carbons (Fsp3) is 0.600. The average Bonchev–Trinajstić information content (AvgIpc) is 2.67. The van der Waals surface area contributed by atoms with E-state index in [0.29, 0.717) is 18.0 Å². The van der Waals surface area contributed by atoms with E-state index < -0.39 is 22.0 Å². The molecule has 1 fully saturated rings. The van der Waals surface area contributed by atoms with Gasteiger partial charge in [-0.05, 0) is 37.5 Å².